The highest BCUT2D eigenvalue weighted by Gasteiger charge is 2.29. The molecule has 7 nitrogen and oxygen atoms in total. The molecule has 0 radical (unpaired) electrons. The van der Waals surface area contributed by atoms with E-state index in [9.17, 15) is 4.79 Å². The molecule has 2 aromatic carbocycles. The molecule has 0 saturated heterocycles. The summed E-state index contributed by atoms with van der Waals surface area (Å²) in [5.74, 6) is 0.483. The first kappa shape index (κ1) is 24.1. The van der Waals surface area contributed by atoms with Crippen LogP contribution in [0.3, 0.4) is 0 Å². The van der Waals surface area contributed by atoms with Gasteiger partial charge in [0, 0.05) is 34.3 Å². The van der Waals surface area contributed by atoms with Crippen molar-refractivity contribution in [1.82, 2.24) is 14.5 Å². The monoisotopic (exact) mass is 496 g/mol. The van der Waals surface area contributed by atoms with Gasteiger partial charge in [0.2, 0.25) is 0 Å². The van der Waals surface area contributed by atoms with Crippen LogP contribution in [0.5, 0.6) is 0 Å². The number of carbonyl (C=O) groups excluding carboxylic acids is 1. The summed E-state index contributed by atoms with van der Waals surface area (Å²) in [5.41, 5.74) is 12.1. The van der Waals surface area contributed by atoms with Crippen LogP contribution in [-0.2, 0) is 6.54 Å². The second kappa shape index (κ2) is 10.5. The predicted molar refractivity (Wildman–Crippen MR) is 136 cm³/mol. The van der Waals surface area contributed by atoms with E-state index in [4.69, 9.17) is 33.7 Å². The van der Waals surface area contributed by atoms with Gasteiger partial charge in [0.15, 0.2) is 0 Å². The highest BCUT2D eigenvalue weighted by molar-refractivity contribution is 6.36. The number of carbonyl (C=O) groups is 1. The number of rotatable bonds is 6. The van der Waals surface area contributed by atoms with Gasteiger partial charge in [0.1, 0.15) is 11.5 Å². The van der Waals surface area contributed by atoms with Crippen LogP contribution in [0.2, 0.25) is 10.0 Å². The van der Waals surface area contributed by atoms with Crippen LogP contribution >= 0.6 is 23.2 Å². The Morgan fingerprint density at radius 2 is 1.88 bits per heavy atom. The molecule has 4 rings (SSSR count). The van der Waals surface area contributed by atoms with Crippen molar-refractivity contribution in [3.05, 3.63) is 79.9 Å². The second-order valence-electron chi connectivity index (χ2n) is 8.59. The molecule has 1 aliphatic rings. The van der Waals surface area contributed by atoms with E-state index in [2.05, 4.69) is 10.0 Å². The maximum atomic E-state index is 13.6. The number of amides is 1. The highest BCUT2D eigenvalue weighted by Crippen LogP contribution is 2.34. The fraction of sp³-hybridized carbons (Fsp3) is 0.360. The normalized spacial score (nSPS) is 14.0. The van der Waals surface area contributed by atoms with Crippen LogP contribution in [0.15, 0.2) is 47.6 Å². The van der Waals surface area contributed by atoms with Crippen molar-refractivity contribution >= 4 is 29.1 Å². The van der Waals surface area contributed by atoms with Crippen LogP contribution in [0.4, 0.5) is 0 Å². The largest absolute Gasteiger partial charge is 0.337 e. The topological polar surface area (TPSA) is 86.9 Å². The summed E-state index contributed by atoms with van der Waals surface area (Å²) in [6.07, 6.45) is 5.54. The molecule has 0 spiro atoms. The van der Waals surface area contributed by atoms with Crippen molar-refractivity contribution in [2.24, 2.45) is 5.11 Å². The zero-order chi connectivity index (χ0) is 24.2. The molecular formula is C25H26Cl2N6O. The highest BCUT2D eigenvalue weighted by atomic mass is 35.5. The van der Waals surface area contributed by atoms with E-state index in [1.165, 1.54) is 6.42 Å². The minimum Gasteiger partial charge on any atom is -0.337 e. The molecule has 0 N–H and O–H groups in total. The Labute approximate surface area is 208 Å². The number of aromatic nitrogens is 2. The summed E-state index contributed by atoms with van der Waals surface area (Å²) in [4.78, 5) is 23.0. The van der Waals surface area contributed by atoms with Crippen LogP contribution in [0.25, 0.3) is 27.5 Å². The quantitative estimate of drug-likeness (QED) is 0.202. The van der Waals surface area contributed by atoms with Crippen LogP contribution in [0, 0.1) is 6.92 Å². The minimum absolute atomic E-state index is 0.0885. The number of halogens is 2. The Morgan fingerprint density at radius 3 is 2.53 bits per heavy atom. The molecule has 0 atom stereocenters. The Morgan fingerprint density at radius 1 is 1.18 bits per heavy atom. The van der Waals surface area contributed by atoms with Crippen LogP contribution in [0.1, 0.15) is 53.8 Å². The standard InChI is InChI=1S/C25H26Cl2N6O/c1-16-23(25(34)32(2)19-6-4-3-5-7-19)30-24(21-13-10-18(26)14-22(21)27)33(16)20-11-8-17(9-12-20)15-29-31-28/h8-14,19H,3-7,15H2,1-2H3. The molecule has 1 saturated carbocycles. The lowest BCUT2D eigenvalue weighted by Gasteiger charge is -2.30. The zero-order valence-electron chi connectivity index (χ0n) is 19.2. The number of benzene rings is 2. The summed E-state index contributed by atoms with van der Waals surface area (Å²) in [6, 6.07) is 13.1. The molecule has 0 aliphatic heterocycles. The zero-order valence-corrected chi connectivity index (χ0v) is 20.7. The average Bonchev–Trinajstić information content (AvgIpc) is 3.19. The minimum atomic E-state index is -0.0885. The Hall–Kier alpha value is -2.99. The first-order valence-corrected chi connectivity index (χ1v) is 12.1. The summed E-state index contributed by atoms with van der Waals surface area (Å²) in [6.45, 7) is 2.17. The van der Waals surface area contributed by atoms with Crippen LogP contribution in [-0.4, -0.2) is 33.4 Å². The van der Waals surface area contributed by atoms with E-state index in [1.807, 2.05) is 53.8 Å². The van der Waals surface area contributed by atoms with Gasteiger partial charge in [0.05, 0.1) is 17.3 Å². The molecule has 0 unspecified atom stereocenters. The second-order valence-corrected chi connectivity index (χ2v) is 9.44. The fourth-order valence-corrected chi connectivity index (χ4v) is 5.03. The molecule has 176 valence electrons. The lowest BCUT2D eigenvalue weighted by atomic mass is 9.94. The molecule has 34 heavy (non-hydrogen) atoms. The van der Waals surface area contributed by atoms with Crippen molar-refractivity contribution in [2.45, 2.75) is 51.6 Å². The van der Waals surface area contributed by atoms with E-state index in [1.54, 1.807) is 12.1 Å². The van der Waals surface area contributed by atoms with Gasteiger partial charge in [-0.2, -0.15) is 0 Å². The van der Waals surface area contributed by atoms with Gasteiger partial charge >= 0.3 is 0 Å². The van der Waals surface area contributed by atoms with E-state index in [-0.39, 0.29) is 18.5 Å². The van der Waals surface area contributed by atoms with Crippen molar-refractivity contribution in [2.75, 3.05) is 7.05 Å². The van der Waals surface area contributed by atoms with Gasteiger partial charge in [-0.3, -0.25) is 9.36 Å². The Bertz CT molecular complexity index is 1240. The van der Waals surface area contributed by atoms with E-state index in [0.717, 1.165) is 42.6 Å². The van der Waals surface area contributed by atoms with Crippen molar-refractivity contribution in [3.63, 3.8) is 0 Å². The SMILES string of the molecule is Cc1c(C(=O)N(C)C2CCCCC2)nc(-c2ccc(Cl)cc2Cl)n1-c1ccc(CN=[N+]=[N-])cc1. The smallest absolute Gasteiger partial charge is 0.274 e. The average molecular weight is 497 g/mol. The lowest BCUT2D eigenvalue weighted by Crippen LogP contribution is -2.38. The Kier molecular flexibility index (Phi) is 7.47. The molecule has 9 heteroatoms. The summed E-state index contributed by atoms with van der Waals surface area (Å²) < 4.78 is 1.94. The molecule has 1 aromatic heterocycles. The molecule has 0 bridgehead atoms. The predicted octanol–water partition coefficient (Wildman–Crippen LogP) is 7.37. The third-order valence-corrected chi connectivity index (χ3v) is 6.98. The van der Waals surface area contributed by atoms with Gasteiger partial charge in [-0.05, 0) is 61.2 Å². The van der Waals surface area contributed by atoms with Gasteiger partial charge in [0.25, 0.3) is 5.91 Å². The molecule has 1 aliphatic carbocycles. The number of imidazole rings is 1. The number of hydrogen-bond donors (Lipinski definition) is 0. The number of azide groups is 1. The molecular weight excluding hydrogens is 471 g/mol. The maximum Gasteiger partial charge on any atom is 0.274 e. The van der Waals surface area contributed by atoms with E-state index >= 15 is 0 Å². The van der Waals surface area contributed by atoms with Crippen molar-refractivity contribution < 1.29 is 4.79 Å². The van der Waals surface area contributed by atoms with Gasteiger partial charge in [-0.25, -0.2) is 4.98 Å². The number of hydrogen-bond acceptors (Lipinski definition) is 3. The molecule has 1 amide bonds. The fourth-order valence-electron chi connectivity index (χ4n) is 4.54. The van der Waals surface area contributed by atoms with Gasteiger partial charge < -0.3 is 4.90 Å². The van der Waals surface area contributed by atoms with Crippen molar-refractivity contribution in [1.29, 1.82) is 0 Å². The van der Waals surface area contributed by atoms with Gasteiger partial charge in [-0.15, -0.1) is 0 Å². The van der Waals surface area contributed by atoms with E-state index in [0.29, 0.717) is 27.1 Å². The summed E-state index contributed by atoms with van der Waals surface area (Å²) in [5, 5.41) is 4.60. The molecule has 1 heterocycles. The van der Waals surface area contributed by atoms with Crippen molar-refractivity contribution in [3.8, 4) is 17.1 Å². The lowest BCUT2D eigenvalue weighted by molar-refractivity contribution is 0.0690. The summed E-state index contributed by atoms with van der Waals surface area (Å²) in [7, 11) is 1.87. The maximum absolute atomic E-state index is 13.6. The third-order valence-electron chi connectivity index (χ3n) is 6.44. The number of nitrogens with zero attached hydrogens (tertiary/aromatic N) is 6. The van der Waals surface area contributed by atoms with E-state index < -0.39 is 0 Å². The molecule has 3 aromatic rings. The third kappa shape index (κ3) is 4.92. The Balaban J connectivity index is 1.81. The van der Waals surface area contributed by atoms with Gasteiger partial charge in [-0.1, -0.05) is 59.7 Å². The first-order chi connectivity index (χ1) is 16.4. The van der Waals surface area contributed by atoms with Crippen LogP contribution < -0.4 is 0 Å². The summed E-state index contributed by atoms with van der Waals surface area (Å²) >= 11 is 12.7. The molecule has 1 fully saturated rings. The first-order valence-electron chi connectivity index (χ1n) is 11.3.